The van der Waals surface area contributed by atoms with E-state index in [-0.39, 0.29) is 4.90 Å². The quantitative estimate of drug-likeness (QED) is 0.357. The summed E-state index contributed by atoms with van der Waals surface area (Å²) in [5, 5.41) is 9.19. The molecule has 0 aliphatic carbocycles. The van der Waals surface area contributed by atoms with Crippen LogP contribution < -0.4 is 10.5 Å². The SMILES string of the molecule is CCCOc1cc(S(=O)(=O)O)c2cc(N=Nc3ccc(N)cc3)ccc2c1. The fourth-order valence-corrected chi connectivity index (χ4v) is 3.24. The van der Waals surface area contributed by atoms with E-state index in [1.165, 1.54) is 6.07 Å². The van der Waals surface area contributed by atoms with Crippen molar-refractivity contribution < 1.29 is 17.7 Å². The van der Waals surface area contributed by atoms with Gasteiger partial charge in [0.25, 0.3) is 10.1 Å². The van der Waals surface area contributed by atoms with Gasteiger partial charge in [-0.2, -0.15) is 18.6 Å². The summed E-state index contributed by atoms with van der Waals surface area (Å²) in [6.45, 7) is 2.40. The molecule has 140 valence electrons. The summed E-state index contributed by atoms with van der Waals surface area (Å²) in [5.41, 5.74) is 7.32. The average Bonchev–Trinajstić information content (AvgIpc) is 2.64. The average molecular weight is 385 g/mol. The van der Waals surface area contributed by atoms with Crippen molar-refractivity contribution in [2.24, 2.45) is 10.2 Å². The summed E-state index contributed by atoms with van der Waals surface area (Å²) >= 11 is 0. The normalized spacial score (nSPS) is 11.9. The molecule has 3 aromatic rings. The number of azo groups is 1. The lowest BCUT2D eigenvalue weighted by molar-refractivity contribution is 0.317. The van der Waals surface area contributed by atoms with Crippen molar-refractivity contribution in [3.63, 3.8) is 0 Å². The van der Waals surface area contributed by atoms with E-state index in [1.54, 1.807) is 48.5 Å². The van der Waals surface area contributed by atoms with Crippen LogP contribution in [0.5, 0.6) is 5.75 Å². The first-order valence-electron chi connectivity index (χ1n) is 8.32. The van der Waals surface area contributed by atoms with E-state index in [0.717, 1.165) is 6.42 Å². The number of fused-ring (bicyclic) bond motifs is 1. The fraction of sp³-hybridized carbons (Fsp3) is 0.158. The lowest BCUT2D eigenvalue weighted by Crippen LogP contribution is -2.02. The van der Waals surface area contributed by atoms with Gasteiger partial charge in [-0.05, 0) is 54.3 Å². The van der Waals surface area contributed by atoms with Gasteiger partial charge < -0.3 is 10.5 Å². The van der Waals surface area contributed by atoms with Crippen LogP contribution in [0.2, 0.25) is 0 Å². The number of anilines is 1. The van der Waals surface area contributed by atoms with Crippen molar-refractivity contribution in [2.75, 3.05) is 12.3 Å². The van der Waals surface area contributed by atoms with Crippen LogP contribution >= 0.6 is 0 Å². The molecule has 3 N–H and O–H groups in total. The first-order valence-corrected chi connectivity index (χ1v) is 9.76. The predicted octanol–water partition coefficient (Wildman–Crippen LogP) is 4.87. The number of nitrogen functional groups attached to an aromatic ring is 1. The second-order valence-electron chi connectivity index (χ2n) is 5.94. The Hall–Kier alpha value is -2.97. The highest BCUT2D eigenvalue weighted by molar-refractivity contribution is 7.86. The second-order valence-corrected chi connectivity index (χ2v) is 7.33. The molecule has 0 aromatic heterocycles. The molecule has 0 saturated carbocycles. The highest BCUT2D eigenvalue weighted by atomic mass is 32.2. The van der Waals surface area contributed by atoms with Gasteiger partial charge in [0.2, 0.25) is 0 Å². The van der Waals surface area contributed by atoms with Gasteiger partial charge in [0.15, 0.2) is 0 Å². The van der Waals surface area contributed by atoms with Gasteiger partial charge in [-0.25, -0.2) is 0 Å². The maximum Gasteiger partial charge on any atom is 0.295 e. The molecule has 7 nitrogen and oxygen atoms in total. The molecule has 8 heteroatoms. The summed E-state index contributed by atoms with van der Waals surface area (Å²) in [7, 11) is -4.43. The first-order chi connectivity index (χ1) is 12.9. The summed E-state index contributed by atoms with van der Waals surface area (Å²) in [5.74, 6) is 0.383. The predicted molar refractivity (Wildman–Crippen MR) is 105 cm³/mol. The molecule has 0 aliphatic heterocycles. The molecule has 0 heterocycles. The monoisotopic (exact) mass is 385 g/mol. The van der Waals surface area contributed by atoms with Gasteiger partial charge in [-0.3, -0.25) is 4.55 Å². The zero-order valence-corrected chi connectivity index (χ0v) is 15.5. The Balaban J connectivity index is 2.04. The molecule has 0 spiro atoms. The lowest BCUT2D eigenvalue weighted by Gasteiger charge is -2.10. The molecule has 3 aromatic carbocycles. The summed E-state index contributed by atoms with van der Waals surface area (Å²) in [6.07, 6.45) is 0.781. The van der Waals surface area contributed by atoms with Crippen molar-refractivity contribution >= 4 is 38.0 Å². The van der Waals surface area contributed by atoms with Crippen molar-refractivity contribution in [1.29, 1.82) is 0 Å². The molecular weight excluding hydrogens is 366 g/mol. The van der Waals surface area contributed by atoms with Crippen LogP contribution in [0.1, 0.15) is 13.3 Å². The standard InChI is InChI=1S/C19H19N3O4S/c1-2-9-26-17-10-13-3-6-16(11-18(13)19(12-17)27(23,24)25)22-21-15-7-4-14(20)5-8-15/h3-8,10-12H,2,9,20H2,1H3,(H,23,24,25). The maximum absolute atomic E-state index is 11.8. The van der Waals surface area contributed by atoms with E-state index in [0.29, 0.717) is 40.2 Å². The van der Waals surface area contributed by atoms with E-state index in [4.69, 9.17) is 10.5 Å². The third kappa shape index (κ3) is 4.60. The Morgan fingerprint density at radius 3 is 2.33 bits per heavy atom. The van der Waals surface area contributed by atoms with Crippen LogP contribution in [0.25, 0.3) is 10.8 Å². The minimum atomic E-state index is -4.43. The van der Waals surface area contributed by atoms with Crippen molar-refractivity contribution in [3.05, 3.63) is 54.6 Å². The van der Waals surface area contributed by atoms with Gasteiger partial charge in [0.1, 0.15) is 10.6 Å². The van der Waals surface area contributed by atoms with E-state index in [9.17, 15) is 13.0 Å². The summed E-state index contributed by atoms with van der Waals surface area (Å²) < 4.78 is 38.8. The topological polar surface area (TPSA) is 114 Å². The van der Waals surface area contributed by atoms with Crippen molar-refractivity contribution in [2.45, 2.75) is 18.2 Å². The minimum absolute atomic E-state index is 0.226. The number of hydrogen-bond acceptors (Lipinski definition) is 6. The maximum atomic E-state index is 11.8. The number of ether oxygens (including phenoxy) is 1. The van der Waals surface area contributed by atoms with Crippen LogP contribution in [0.15, 0.2) is 69.7 Å². The van der Waals surface area contributed by atoms with E-state index >= 15 is 0 Å². The number of hydrogen-bond donors (Lipinski definition) is 2. The van der Waals surface area contributed by atoms with Crippen LogP contribution in [0.4, 0.5) is 17.1 Å². The largest absolute Gasteiger partial charge is 0.494 e. The molecule has 0 unspecified atom stereocenters. The van der Waals surface area contributed by atoms with Crippen molar-refractivity contribution in [3.8, 4) is 5.75 Å². The molecule has 3 rings (SSSR count). The number of rotatable bonds is 6. The highest BCUT2D eigenvalue weighted by Crippen LogP contribution is 2.32. The molecule has 0 bridgehead atoms. The van der Waals surface area contributed by atoms with E-state index in [2.05, 4.69) is 10.2 Å². The van der Waals surface area contributed by atoms with Gasteiger partial charge in [-0.15, -0.1) is 0 Å². The Kier molecular flexibility index (Phi) is 5.38. The van der Waals surface area contributed by atoms with E-state index < -0.39 is 10.1 Å². The van der Waals surface area contributed by atoms with Crippen LogP contribution in [0.3, 0.4) is 0 Å². The molecule has 0 atom stereocenters. The number of benzene rings is 3. The van der Waals surface area contributed by atoms with Gasteiger partial charge in [-0.1, -0.05) is 13.0 Å². The Morgan fingerprint density at radius 1 is 1.00 bits per heavy atom. The summed E-state index contributed by atoms with van der Waals surface area (Å²) in [4.78, 5) is -0.226. The Morgan fingerprint density at radius 2 is 1.67 bits per heavy atom. The molecule has 0 radical (unpaired) electrons. The van der Waals surface area contributed by atoms with Gasteiger partial charge in [0.05, 0.1) is 18.0 Å². The lowest BCUT2D eigenvalue weighted by atomic mass is 10.1. The molecule has 0 saturated heterocycles. The smallest absolute Gasteiger partial charge is 0.295 e. The zero-order valence-electron chi connectivity index (χ0n) is 14.7. The fourth-order valence-electron chi connectivity index (χ4n) is 2.52. The molecule has 0 aliphatic rings. The first kappa shape index (κ1) is 18.8. The second kappa shape index (κ2) is 7.73. The van der Waals surface area contributed by atoms with Crippen LogP contribution in [0, 0.1) is 0 Å². The van der Waals surface area contributed by atoms with Gasteiger partial charge >= 0.3 is 0 Å². The molecule has 27 heavy (non-hydrogen) atoms. The van der Waals surface area contributed by atoms with Crippen molar-refractivity contribution in [1.82, 2.24) is 0 Å². The third-order valence-electron chi connectivity index (χ3n) is 3.80. The van der Waals surface area contributed by atoms with Crippen LogP contribution in [-0.2, 0) is 10.1 Å². The number of nitrogens with two attached hydrogens (primary N) is 1. The number of nitrogens with zero attached hydrogens (tertiary/aromatic N) is 2. The molecular formula is C19H19N3O4S. The highest BCUT2D eigenvalue weighted by Gasteiger charge is 2.16. The van der Waals surface area contributed by atoms with Gasteiger partial charge in [0, 0.05) is 17.1 Å². The van der Waals surface area contributed by atoms with Crippen LogP contribution in [-0.4, -0.2) is 19.6 Å². The zero-order chi connectivity index (χ0) is 19.4. The summed E-state index contributed by atoms with van der Waals surface area (Å²) in [6, 6.07) is 14.9. The third-order valence-corrected chi connectivity index (χ3v) is 4.69. The Labute approximate surface area is 157 Å². The minimum Gasteiger partial charge on any atom is -0.494 e. The Bertz CT molecular complexity index is 1090. The molecule has 0 amide bonds. The molecule has 0 fully saturated rings. The van der Waals surface area contributed by atoms with E-state index in [1.807, 2.05) is 6.92 Å².